The molecule has 0 aliphatic carbocycles. The lowest BCUT2D eigenvalue weighted by Crippen LogP contribution is -2.30. The normalized spacial score (nSPS) is 10.3. The van der Waals surface area contributed by atoms with Crippen LogP contribution in [0.1, 0.15) is 21.5 Å². The van der Waals surface area contributed by atoms with E-state index in [1.54, 1.807) is 18.2 Å². The maximum atomic E-state index is 11.7. The van der Waals surface area contributed by atoms with Gasteiger partial charge in [-0.3, -0.25) is 0 Å². The predicted molar refractivity (Wildman–Crippen MR) is 114 cm³/mol. The van der Waals surface area contributed by atoms with Gasteiger partial charge in [-0.25, -0.2) is 4.79 Å². The Labute approximate surface area is 168 Å². The Hall–Kier alpha value is -1.76. The van der Waals surface area contributed by atoms with Crippen LogP contribution in [0.2, 0.25) is 5.02 Å². The molecule has 0 bridgehead atoms. The second-order valence-corrected chi connectivity index (χ2v) is 7.47. The molecule has 0 aliphatic rings. The summed E-state index contributed by atoms with van der Waals surface area (Å²) in [5.74, 6) is 1.43. The van der Waals surface area contributed by atoms with Crippen LogP contribution in [0.3, 0.4) is 0 Å². The number of aryl methyl sites for hydroxylation is 1. The zero-order valence-electron chi connectivity index (χ0n) is 14.7. The number of thioether (sulfide) groups is 1. The van der Waals surface area contributed by atoms with Crippen LogP contribution in [-0.4, -0.2) is 30.5 Å². The molecule has 0 atom stereocenters. The number of rotatable bonds is 7. The fraction of sp³-hybridized carbons (Fsp3) is 0.263. The highest BCUT2D eigenvalue weighted by Gasteiger charge is 2.11. The molecule has 0 fully saturated rings. The number of ether oxygens (including phenoxy) is 1. The number of nitrogens with one attached hydrogen (secondary N) is 2. The second-order valence-electron chi connectivity index (χ2n) is 5.55. The van der Waals surface area contributed by atoms with E-state index in [0.29, 0.717) is 21.4 Å². The summed E-state index contributed by atoms with van der Waals surface area (Å²) in [5, 5.41) is 7.05. The fourth-order valence-electron chi connectivity index (χ4n) is 2.24. The Kier molecular flexibility index (Phi) is 8.22. The molecule has 2 aromatic rings. The van der Waals surface area contributed by atoms with Crippen molar-refractivity contribution in [2.45, 2.75) is 12.7 Å². The van der Waals surface area contributed by atoms with Gasteiger partial charge >= 0.3 is 5.97 Å². The number of thiocarbonyl (C=S) groups is 1. The van der Waals surface area contributed by atoms with Crippen LogP contribution >= 0.6 is 35.6 Å². The average molecular weight is 409 g/mol. The van der Waals surface area contributed by atoms with Gasteiger partial charge in [0.15, 0.2) is 5.11 Å². The lowest BCUT2D eigenvalue weighted by molar-refractivity contribution is 0.0601. The Morgan fingerprint density at radius 1 is 1.27 bits per heavy atom. The third kappa shape index (κ3) is 6.20. The minimum atomic E-state index is -0.481. The zero-order chi connectivity index (χ0) is 18.9. The van der Waals surface area contributed by atoms with Gasteiger partial charge in [-0.05, 0) is 48.5 Å². The molecule has 0 amide bonds. The molecule has 2 aromatic carbocycles. The molecule has 2 rings (SSSR count). The maximum absolute atomic E-state index is 11.7. The molecule has 138 valence electrons. The van der Waals surface area contributed by atoms with E-state index in [1.807, 2.05) is 11.8 Å². The third-order valence-electron chi connectivity index (χ3n) is 3.68. The van der Waals surface area contributed by atoms with Gasteiger partial charge in [0.25, 0.3) is 0 Å². The Balaban J connectivity index is 1.75. The van der Waals surface area contributed by atoms with Crippen molar-refractivity contribution in [2.75, 3.05) is 24.7 Å². The molecule has 0 aromatic heterocycles. The van der Waals surface area contributed by atoms with Gasteiger partial charge in [0, 0.05) is 23.7 Å². The minimum absolute atomic E-state index is 0.302. The summed E-state index contributed by atoms with van der Waals surface area (Å²) in [5.41, 5.74) is 3.65. The van der Waals surface area contributed by atoms with E-state index in [9.17, 15) is 4.79 Å². The van der Waals surface area contributed by atoms with Crippen molar-refractivity contribution < 1.29 is 9.53 Å². The molecule has 26 heavy (non-hydrogen) atoms. The smallest absolute Gasteiger partial charge is 0.339 e. The van der Waals surface area contributed by atoms with Crippen LogP contribution in [0.4, 0.5) is 5.69 Å². The Bertz CT molecular complexity index is 784. The monoisotopic (exact) mass is 408 g/mol. The van der Waals surface area contributed by atoms with Crippen LogP contribution in [0.5, 0.6) is 0 Å². The first kappa shape index (κ1) is 20.6. The van der Waals surface area contributed by atoms with Crippen molar-refractivity contribution in [3.8, 4) is 0 Å². The molecule has 0 radical (unpaired) electrons. The molecule has 0 heterocycles. The molecule has 0 saturated heterocycles. The molecule has 7 heteroatoms. The van der Waals surface area contributed by atoms with Gasteiger partial charge in [-0.1, -0.05) is 35.9 Å². The number of hydrogen-bond acceptors (Lipinski definition) is 4. The molecule has 0 spiro atoms. The van der Waals surface area contributed by atoms with Crippen molar-refractivity contribution in [3.63, 3.8) is 0 Å². The summed E-state index contributed by atoms with van der Waals surface area (Å²) in [6.07, 6.45) is 0. The number of esters is 1. The van der Waals surface area contributed by atoms with Crippen molar-refractivity contribution in [1.29, 1.82) is 0 Å². The van der Waals surface area contributed by atoms with E-state index in [2.05, 4.69) is 41.8 Å². The van der Waals surface area contributed by atoms with Crippen LogP contribution < -0.4 is 10.6 Å². The number of halogens is 1. The summed E-state index contributed by atoms with van der Waals surface area (Å²) < 4.78 is 4.71. The number of carbonyl (C=O) groups is 1. The van der Waals surface area contributed by atoms with Crippen molar-refractivity contribution in [1.82, 2.24) is 5.32 Å². The molecule has 0 unspecified atom stereocenters. The molecule has 0 aliphatic heterocycles. The lowest BCUT2D eigenvalue weighted by atomic mass is 10.1. The lowest BCUT2D eigenvalue weighted by Gasteiger charge is -2.12. The maximum Gasteiger partial charge on any atom is 0.339 e. The summed E-state index contributed by atoms with van der Waals surface area (Å²) in [6.45, 7) is 2.88. The topological polar surface area (TPSA) is 50.4 Å². The van der Waals surface area contributed by atoms with Crippen molar-refractivity contribution in [2.24, 2.45) is 0 Å². The summed E-state index contributed by atoms with van der Waals surface area (Å²) >= 11 is 13.1. The summed E-state index contributed by atoms with van der Waals surface area (Å²) in [6, 6.07) is 13.4. The van der Waals surface area contributed by atoms with E-state index in [0.717, 1.165) is 18.1 Å². The van der Waals surface area contributed by atoms with E-state index in [4.69, 9.17) is 28.6 Å². The van der Waals surface area contributed by atoms with Crippen LogP contribution in [-0.2, 0) is 10.5 Å². The van der Waals surface area contributed by atoms with Gasteiger partial charge in [0.2, 0.25) is 0 Å². The zero-order valence-corrected chi connectivity index (χ0v) is 17.1. The summed E-state index contributed by atoms with van der Waals surface area (Å²) in [4.78, 5) is 11.7. The van der Waals surface area contributed by atoms with Gasteiger partial charge in [-0.2, -0.15) is 11.8 Å². The number of hydrogen-bond donors (Lipinski definition) is 2. The standard InChI is InChI=1S/C19H21ClN2O2S2/c1-13-5-3-4-6-14(13)12-26-10-9-21-19(25)22-15-7-8-17(20)16(11-15)18(23)24-2/h3-8,11H,9-10,12H2,1-2H3,(H2,21,22,25). The molecule has 2 N–H and O–H groups in total. The number of methoxy groups -OCH3 is 1. The molecular formula is C19H21ClN2O2S2. The number of anilines is 1. The fourth-order valence-corrected chi connectivity index (χ4v) is 3.58. The number of benzene rings is 2. The SMILES string of the molecule is COC(=O)c1cc(NC(=S)NCCSCc2ccccc2C)ccc1Cl. The van der Waals surface area contributed by atoms with Gasteiger partial charge in [-0.15, -0.1) is 0 Å². The third-order valence-corrected chi connectivity index (χ3v) is 5.26. The van der Waals surface area contributed by atoms with E-state index in [1.165, 1.54) is 18.2 Å². The van der Waals surface area contributed by atoms with Crippen LogP contribution in [0.25, 0.3) is 0 Å². The summed E-state index contributed by atoms with van der Waals surface area (Å²) in [7, 11) is 1.32. The average Bonchev–Trinajstić information content (AvgIpc) is 2.63. The van der Waals surface area contributed by atoms with E-state index in [-0.39, 0.29) is 0 Å². The minimum Gasteiger partial charge on any atom is -0.465 e. The highest BCUT2D eigenvalue weighted by atomic mass is 35.5. The molecular weight excluding hydrogens is 388 g/mol. The van der Waals surface area contributed by atoms with Gasteiger partial charge in [0.05, 0.1) is 17.7 Å². The van der Waals surface area contributed by atoms with Crippen LogP contribution in [0.15, 0.2) is 42.5 Å². The van der Waals surface area contributed by atoms with Gasteiger partial charge < -0.3 is 15.4 Å². The second kappa shape index (κ2) is 10.4. The van der Waals surface area contributed by atoms with E-state index >= 15 is 0 Å². The quantitative estimate of drug-likeness (QED) is 0.395. The molecule has 0 saturated carbocycles. The van der Waals surface area contributed by atoms with Crippen molar-refractivity contribution in [3.05, 3.63) is 64.2 Å². The van der Waals surface area contributed by atoms with Gasteiger partial charge in [0.1, 0.15) is 0 Å². The highest BCUT2D eigenvalue weighted by molar-refractivity contribution is 7.98. The van der Waals surface area contributed by atoms with Crippen LogP contribution in [0, 0.1) is 6.92 Å². The molecule has 4 nitrogen and oxygen atoms in total. The van der Waals surface area contributed by atoms with Crippen molar-refractivity contribution >= 4 is 52.3 Å². The first-order chi connectivity index (χ1) is 12.5. The highest BCUT2D eigenvalue weighted by Crippen LogP contribution is 2.21. The largest absolute Gasteiger partial charge is 0.465 e. The Morgan fingerprint density at radius 2 is 2.04 bits per heavy atom. The number of carbonyl (C=O) groups excluding carboxylic acids is 1. The van der Waals surface area contributed by atoms with E-state index < -0.39 is 5.97 Å². The first-order valence-corrected chi connectivity index (χ1v) is 10.0. The first-order valence-electron chi connectivity index (χ1n) is 8.06. The Morgan fingerprint density at radius 3 is 2.77 bits per heavy atom. The predicted octanol–water partition coefficient (Wildman–Crippen LogP) is 4.65.